The third kappa shape index (κ3) is 3.79. The van der Waals surface area contributed by atoms with Gasteiger partial charge >= 0.3 is 0 Å². The third-order valence-electron chi connectivity index (χ3n) is 4.80. The molecule has 6 nitrogen and oxygen atoms in total. The Morgan fingerprint density at radius 3 is 1.82 bits per heavy atom. The molecule has 0 saturated carbocycles. The molecule has 0 spiro atoms. The van der Waals surface area contributed by atoms with Gasteiger partial charge in [0.1, 0.15) is 24.4 Å². The summed E-state index contributed by atoms with van der Waals surface area (Å²) in [6, 6.07) is 17.9. The monoisotopic (exact) mass is 426 g/mol. The normalized spacial score (nSPS) is 38.9. The Labute approximate surface area is 172 Å². The van der Waals surface area contributed by atoms with Gasteiger partial charge < -0.3 is 29.2 Å². The molecule has 2 N–H and O–H groups in total. The maximum atomic E-state index is 10.6. The van der Waals surface area contributed by atoms with Crippen molar-refractivity contribution in [1.82, 2.24) is 0 Å². The molecule has 0 aromatic heterocycles. The third-order valence-corrected chi connectivity index (χ3v) is 5.63. The second-order valence-electron chi connectivity index (χ2n) is 6.72. The number of hydrogen-bond acceptors (Lipinski definition) is 6. The SMILES string of the molecule is O[C@H]1[C@@H]([C@H]2COC(Cl)(c3ccccc3)O2)OC(Cl)(c2ccccc2)OC[C@@H]1O. The van der Waals surface area contributed by atoms with E-state index in [-0.39, 0.29) is 13.2 Å². The fourth-order valence-electron chi connectivity index (χ4n) is 3.28. The first-order valence-electron chi connectivity index (χ1n) is 8.90. The van der Waals surface area contributed by atoms with Gasteiger partial charge in [-0.3, -0.25) is 0 Å². The average molecular weight is 427 g/mol. The quantitative estimate of drug-likeness (QED) is 0.734. The molecule has 0 radical (unpaired) electrons. The van der Waals surface area contributed by atoms with Gasteiger partial charge in [0.25, 0.3) is 10.5 Å². The van der Waals surface area contributed by atoms with Gasteiger partial charge in [-0.05, 0) is 0 Å². The number of alkyl halides is 2. The van der Waals surface area contributed by atoms with E-state index in [0.29, 0.717) is 11.1 Å². The Balaban J connectivity index is 1.60. The van der Waals surface area contributed by atoms with Crippen LogP contribution in [0.5, 0.6) is 0 Å². The maximum absolute atomic E-state index is 10.6. The summed E-state index contributed by atoms with van der Waals surface area (Å²) in [5.41, 5.74) is 1.14. The first-order chi connectivity index (χ1) is 13.4. The minimum atomic E-state index is -1.70. The van der Waals surface area contributed by atoms with Gasteiger partial charge in [0.05, 0.1) is 13.2 Å². The van der Waals surface area contributed by atoms with Crippen LogP contribution >= 0.6 is 23.2 Å². The summed E-state index contributed by atoms with van der Waals surface area (Å²) in [6.45, 7) is -0.178. The van der Waals surface area contributed by atoms with E-state index in [0.717, 1.165) is 0 Å². The molecule has 2 unspecified atom stereocenters. The lowest BCUT2D eigenvalue weighted by atomic mass is 10.0. The van der Waals surface area contributed by atoms with E-state index < -0.39 is 34.9 Å². The van der Waals surface area contributed by atoms with Gasteiger partial charge in [-0.25, -0.2) is 0 Å². The summed E-state index contributed by atoms with van der Waals surface area (Å²) >= 11 is 13.1. The zero-order valence-corrected chi connectivity index (χ0v) is 16.3. The van der Waals surface area contributed by atoms with Gasteiger partial charge in [-0.15, -0.1) is 0 Å². The molecule has 8 heteroatoms. The predicted octanol–water partition coefficient (Wildman–Crippen LogP) is 2.64. The summed E-state index contributed by atoms with van der Waals surface area (Å²) in [4.78, 5) is 0. The number of rotatable bonds is 3. The number of hydrogen-bond donors (Lipinski definition) is 2. The van der Waals surface area contributed by atoms with Crippen molar-refractivity contribution in [2.75, 3.05) is 13.2 Å². The standard InChI is InChI=1S/C20H20Cl2O6/c21-19(13-7-3-1-4-8-13)26-12-16(27-19)18-17(24)15(23)11-25-20(22,28-18)14-9-5-2-6-10-14/h1-10,15-18,23-24H,11-12H2/t15-,16+,17+,18+,19?,20?/m0/s1. The molecule has 2 saturated heterocycles. The summed E-state index contributed by atoms with van der Waals surface area (Å²) < 4.78 is 23.1. The minimum Gasteiger partial charge on any atom is -0.388 e. The van der Waals surface area contributed by atoms with Crippen molar-refractivity contribution < 1.29 is 29.2 Å². The molecular formula is C20H20Cl2O6. The molecule has 0 aliphatic carbocycles. The van der Waals surface area contributed by atoms with E-state index in [4.69, 9.17) is 42.1 Å². The van der Waals surface area contributed by atoms with Gasteiger partial charge in [-0.1, -0.05) is 83.9 Å². The Bertz CT molecular complexity index is 794. The number of aliphatic hydroxyl groups excluding tert-OH is 2. The highest BCUT2D eigenvalue weighted by Crippen LogP contribution is 2.43. The zero-order chi connectivity index (χ0) is 19.8. The van der Waals surface area contributed by atoms with E-state index in [2.05, 4.69) is 0 Å². The van der Waals surface area contributed by atoms with Crippen LogP contribution in [-0.4, -0.2) is 47.8 Å². The smallest absolute Gasteiger partial charge is 0.276 e. The zero-order valence-electron chi connectivity index (χ0n) is 14.8. The summed E-state index contributed by atoms with van der Waals surface area (Å²) in [7, 11) is 0. The molecule has 28 heavy (non-hydrogen) atoms. The Hall–Kier alpha value is -1.22. The molecule has 4 rings (SSSR count). The van der Waals surface area contributed by atoms with Crippen molar-refractivity contribution in [3.8, 4) is 0 Å². The van der Waals surface area contributed by atoms with E-state index in [1.807, 2.05) is 24.3 Å². The van der Waals surface area contributed by atoms with Crippen molar-refractivity contribution in [2.45, 2.75) is 34.9 Å². The minimum absolute atomic E-state index is 0.0363. The fraction of sp³-hybridized carbons (Fsp3) is 0.400. The van der Waals surface area contributed by atoms with Crippen LogP contribution < -0.4 is 0 Å². The molecule has 2 aromatic rings. The number of benzene rings is 2. The van der Waals surface area contributed by atoms with Gasteiger partial charge in [0, 0.05) is 11.1 Å². The van der Waals surface area contributed by atoms with E-state index in [9.17, 15) is 10.2 Å². The van der Waals surface area contributed by atoms with Crippen molar-refractivity contribution >= 4 is 23.2 Å². The lowest BCUT2D eigenvalue weighted by molar-refractivity contribution is -0.231. The molecular weight excluding hydrogens is 407 g/mol. The second-order valence-corrected chi connectivity index (χ2v) is 7.72. The van der Waals surface area contributed by atoms with Crippen molar-refractivity contribution in [3.05, 3.63) is 71.8 Å². The Morgan fingerprint density at radius 2 is 1.25 bits per heavy atom. The van der Waals surface area contributed by atoms with E-state index in [1.165, 1.54) is 0 Å². The molecule has 0 amide bonds. The van der Waals surface area contributed by atoms with Gasteiger partial charge in [0.15, 0.2) is 0 Å². The van der Waals surface area contributed by atoms with Gasteiger partial charge in [0.2, 0.25) is 0 Å². The topological polar surface area (TPSA) is 77.4 Å². The molecule has 2 heterocycles. The lowest BCUT2D eigenvalue weighted by Gasteiger charge is -2.33. The summed E-state index contributed by atoms with van der Waals surface area (Å²) in [5, 5.41) is 17.7. The molecule has 2 aromatic carbocycles. The first kappa shape index (κ1) is 20.1. The van der Waals surface area contributed by atoms with E-state index in [1.54, 1.807) is 36.4 Å². The van der Waals surface area contributed by atoms with Crippen LogP contribution in [-0.2, 0) is 29.4 Å². The molecule has 2 aliphatic rings. The Kier molecular flexibility index (Phi) is 5.66. The first-order valence-corrected chi connectivity index (χ1v) is 9.65. The van der Waals surface area contributed by atoms with Crippen LogP contribution in [0.4, 0.5) is 0 Å². The van der Waals surface area contributed by atoms with Crippen LogP contribution in [0.25, 0.3) is 0 Å². The summed E-state index contributed by atoms with van der Waals surface area (Å²) in [5.74, 6) is 0. The Morgan fingerprint density at radius 1 is 0.750 bits per heavy atom. The maximum Gasteiger partial charge on any atom is 0.276 e. The van der Waals surface area contributed by atoms with Crippen LogP contribution in [0, 0.1) is 0 Å². The van der Waals surface area contributed by atoms with Gasteiger partial charge in [-0.2, -0.15) is 0 Å². The summed E-state index contributed by atoms with van der Waals surface area (Å²) in [6.07, 6.45) is -4.36. The molecule has 6 atom stereocenters. The predicted molar refractivity (Wildman–Crippen MR) is 102 cm³/mol. The van der Waals surface area contributed by atoms with Crippen LogP contribution in [0.2, 0.25) is 0 Å². The van der Waals surface area contributed by atoms with Crippen LogP contribution in [0.15, 0.2) is 60.7 Å². The largest absolute Gasteiger partial charge is 0.388 e. The van der Waals surface area contributed by atoms with Crippen LogP contribution in [0.3, 0.4) is 0 Å². The highest BCUT2D eigenvalue weighted by Gasteiger charge is 2.52. The lowest BCUT2D eigenvalue weighted by Crippen LogP contribution is -2.48. The average Bonchev–Trinajstić information content (AvgIpc) is 3.09. The second kappa shape index (κ2) is 7.89. The number of halogens is 2. The molecule has 0 bridgehead atoms. The van der Waals surface area contributed by atoms with Crippen molar-refractivity contribution in [3.63, 3.8) is 0 Å². The van der Waals surface area contributed by atoms with Crippen LogP contribution in [0.1, 0.15) is 11.1 Å². The highest BCUT2D eigenvalue weighted by molar-refractivity contribution is 6.22. The van der Waals surface area contributed by atoms with E-state index >= 15 is 0 Å². The number of ether oxygens (including phenoxy) is 4. The molecule has 2 aliphatic heterocycles. The molecule has 150 valence electrons. The van der Waals surface area contributed by atoms with Crippen molar-refractivity contribution in [1.29, 1.82) is 0 Å². The molecule has 2 fully saturated rings. The highest BCUT2D eigenvalue weighted by atomic mass is 35.5. The van der Waals surface area contributed by atoms with Crippen molar-refractivity contribution in [2.24, 2.45) is 0 Å². The fourth-order valence-corrected chi connectivity index (χ4v) is 3.87. The number of aliphatic hydroxyl groups is 2.